The van der Waals surface area contributed by atoms with Crippen LogP contribution in [0.15, 0.2) is 48.5 Å². The SMILES string of the molecule is CCCCCCCOc1cccc(NCC(=O)Nc2cccc(C(=O)NC)c2)c1. The molecule has 0 fully saturated rings. The monoisotopic (exact) mass is 397 g/mol. The molecule has 0 bridgehead atoms. The third kappa shape index (κ3) is 8.25. The number of benzene rings is 2. The summed E-state index contributed by atoms with van der Waals surface area (Å²) in [6.45, 7) is 3.03. The fraction of sp³-hybridized carbons (Fsp3) is 0.391. The lowest BCUT2D eigenvalue weighted by Crippen LogP contribution is -2.22. The van der Waals surface area contributed by atoms with E-state index in [-0.39, 0.29) is 18.4 Å². The first-order chi connectivity index (χ1) is 14.1. The lowest BCUT2D eigenvalue weighted by molar-refractivity contribution is -0.114. The maximum absolute atomic E-state index is 12.2. The molecule has 0 radical (unpaired) electrons. The Morgan fingerprint density at radius 3 is 2.48 bits per heavy atom. The Morgan fingerprint density at radius 2 is 1.69 bits per heavy atom. The second kappa shape index (κ2) is 12.4. The molecule has 2 rings (SSSR count). The average molecular weight is 398 g/mol. The normalized spacial score (nSPS) is 10.3. The number of carbonyl (C=O) groups is 2. The van der Waals surface area contributed by atoms with Crippen molar-refractivity contribution in [3.63, 3.8) is 0 Å². The maximum Gasteiger partial charge on any atom is 0.251 e. The fourth-order valence-corrected chi connectivity index (χ4v) is 2.86. The third-order valence-electron chi connectivity index (χ3n) is 4.44. The molecule has 0 atom stereocenters. The summed E-state index contributed by atoms with van der Waals surface area (Å²) in [4.78, 5) is 23.9. The first-order valence-corrected chi connectivity index (χ1v) is 10.2. The summed E-state index contributed by atoms with van der Waals surface area (Å²) >= 11 is 0. The Labute approximate surface area is 173 Å². The molecule has 0 unspecified atom stereocenters. The van der Waals surface area contributed by atoms with Crippen LogP contribution in [-0.2, 0) is 4.79 Å². The maximum atomic E-state index is 12.2. The molecule has 2 amide bonds. The van der Waals surface area contributed by atoms with Gasteiger partial charge in [0.2, 0.25) is 5.91 Å². The summed E-state index contributed by atoms with van der Waals surface area (Å²) in [5.41, 5.74) is 1.90. The highest BCUT2D eigenvalue weighted by Gasteiger charge is 2.07. The Morgan fingerprint density at radius 1 is 0.931 bits per heavy atom. The third-order valence-corrected chi connectivity index (χ3v) is 4.44. The van der Waals surface area contributed by atoms with Gasteiger partial charge in [0.05, 0.1) is 13.2 Å². The van der Waals surface area contributed by atoms with E-state index in [1.807, 2.05) is 24.3 Å². The van der Waals surface area contributed by atoms with Gasteiger partial charge in [0.15, 0.2) is 0 Å². The van der Waals surface area contributed by atoms with Gasteiger partial charge in [0.25, 0.3) is 5.91 Å². The van der Waals surface area contributed by atoms with Gasteiger partial charge in [-0.2, -0.15) is 0 Å². The molecule has 0 heterocycles. The van der Waals surface area contributed by atoms with E-state index >= 15 is 0 Å². The summed E-state index contributed by atoms with van der Waals surface area (Å²) < 4.78 is 5.80. The average Bonchev–Trinajstić information content (AvgIpc) is 2.74. The van der Waals surface area contributed by atoms with E-state index in [4.69, 9.17) is 4.74 Å². The molecule has 0 spiro atoms. The highest BCUT2D eigenvalue weighted by atomic mass is 16.5. The molecule has 3 N–H and O–H groups in total. The van der Waals surface area contributed by atoms with Crippen LogP contribution in [0.5, 0.6) is 5.75 Å². The predicted octanol–water partition coefficient (Wildman–Crippen LogP) is 4.45. The van der Waals surface area contributed by atoms with Crippen molar-refractivity contribution in [2.24, 2.45) is 0 Å². The van der Waals surface area contributed by atoms with E-state index in [9.17, 15) is 9.59 Å². The molecule has 0 aliphatic heterocycles. The molecule has 156 valence electrons. The summed E-state index contributed by atoms with van der Waals surface area (Å²) in [6.07, 6.45) is 6.00. The van der Waals surface area contributed by atoms with Crippen LogP contribution in [0.1, 0.15) is 49.4 Å². The van der Waals surface area contributed by atoms with E-state index in [1.54, 1.807) is 31.3 Å². The molecule has 0 aliphatic carbocycles. The van der Waals surface area contributed by atoms with Crippen molar-refractivity contribution in [3.8, 4) is 5.75 Å². The van der Waals surface area contributed by atoms with E-state index in [0.29, 0.717) is 17.9 Å². The van der Waals surface area contributed by atoms with Gasteiger partial charge in [-0.3, -0.25) is 9.59 Å². The number of anilines is 2. The number of ether oxygens (including phenoxy) is 1. The van der Waals surface area contributed by atoms with Crippen LogP contribution in [0.4, 0.5) is 11.4 Å². The molecular formula is C23H31N3O3. The minimum absolute atomic E-state index is 0.116. The Bertz CT molecular complexity index is 792. The van der Waals surface area contributed by atoms with Crippen LogP contribution < -0.4 is 20.7 Å². The van der Waals surface area contributed by atoms with Gasteiger partial charge in [-0.1, -0.05) is 44.7 Å². The second-order valence-corrected chi connectivity index (χ2v) is 6.85. The quantitative estimate of drug-likeness (QED) is 0.463. The van der Waals surface area contributed by atoms with E-state index in [2.05, 4.69) is 22.9 Å². The van der Waals surface area contributed by atoms with Gasteiger partial charge < -0.3 is 20.7 Å². The molecule has 6 nitrogen and oxygen atoms in total. The predicted molar refractivity (Wildman–Crippen MR) is 118 cm³/mol. The minimum Gasteiger partial charge on any atom is -0.494 e. The summed E-state index contributed by atoms with van der Waals surface area (Å²) in [7, 11) is 1.57. The van der Waals surface area contributed by atoms with Crippen molar-refractivity contribution in [2.75, 3.05) is 30.8 Å². The van der Waals surface area contributed by atoms with Crippen molar-refractivity contribution >= 4 is 23.2 Å². The fourth-order valence-electron chi connectivity index (χ4n) is 2.86. The van der Waals surface area contributed by atoms with E-state index in [0.717, 1.165) is 17.9 Å². The zero-order valence-corrected chi connectivity index (χ0v) is 17.3. The van der Waals surface area contributed by atoms with Gasteiger partial charge in [0, 0.05) is 30.1 Å². The second-order valence-electron chi connectivity index (χ2n) is 6.85. The number of amides is 2. The van der Waals surface area contributed by atoms with Crippen LogP contribution in [0.2, 0.25) is 0 Å². The number of hydrogen-bond donors (Lipinski definition) is 3. The standard InChI is InChI=1S/C23H31N3O3/c1-3-4-5-6-7-14-29-21-13-9-11-19(16-21)25-17-22(27)26-20-12-8-10-18(15-20)23(28)24-2/h8-13,15-16,25H,3-7,14,17H2,1-2H3,(H,24,28)(H,26,27). The van der Waals surface area contributed by atoms with Crippen molar-refractivity contribution in [1.82, 2.24) is 5.32 Å². The van der Waals surface area contributed by atoms with Crippen LogP contribution in [0.25, 0.3) is 0 Å². The number of hydrogen-bond acceptors (Lipinski definition) is 4. The molecule has 0 aliphatic rings. The Balaban J connectivity index is 1.78. The molecule has 29 heavy (non-hydrogen) atoms. The van der Waals surface area contributed by atoms with Gasteiger partial charge in [-0.05, 0) is 36.8 Å². The van der Waals surface area contributed by atoms with Crippen LogP contribution in [0.3, 0.4) is 0 Å². The molecule has 0 aromatic heterocycles. The smallest absolute Gasteiger partial charge is 0.251 e. The Hall–Kier alpha value is -3.02. The summed E-state index contributed by atoms with van der Waals surface area (Å²) in [6, 6.07) is 14.4. The highest BCUT2D eigenvalue weighted by molar-refractivity contribution is 5.98. The molecule has 0 saturated carbocycles. The topological polar surface area (TPSA) is 79.5 Å². The van der Waals surface area contributed by atoms with E-state index in [1.165, 1.54) is 25.7 Å². The van der Waals surface area contributed by atoms with Crippen molar-refractivity contribution in [2.45, 2.75) is 39.0 Å². The highest BCUT2D eigenvalue weighted by Crippen LogP contribution is 2.18. The van der Waals surface area contributed by atoms with Crippen molar-refractivity contribution in [3.05, 3.63) is 54.1 Å². The first-order valence-electron chi connectivity index (χ1n) is 10.2. The van der Waals surface area contributed by atoms with E-state index < -0.39 is 0 Å². The molecule has 2 aromatic rings. The number of rotatable bonds is 12. The number of unbranched alkanes of at least 4 members (excludes halogenated alkanes) is 4. The summed E-state index contributed by atoms with van der Waals surface area (Å²) in [5.74, 6) is 0.409. The van der Waals surface area contributed by atoms with Gasteiger partial charge >= 0.3 is 0 Å². The van der Waals surface area contributed by atoms with Crippen molar-refractivity contribution < 1.29 is 14.3 Å². The molecule has 6 heteroatoms. The van der Waals surface area contributed by atoms with Gasteiger partial charge in [0.1, 0.15) is 5.75 Å². The number of carbonyl (C=O) groups excluding carboxylic acids is 2. The summed E-state index contributed by atoms with van der Waals surface area (Å²) in [5, 5.41) is 8.46. The molecule has 2 aromatic carbocycles. The number of nitrogens with one attached hydrogen (secondary N) is 3. The first kappa shape index (κ1) is 22.3. The van der Waals surface area contributed by atoms with Gasteiger partial charge in [-0.25, -0.2) is 0 Å². The lowest BCUT2D eigenvalue weighted by atomic mass is 10.2. The van der Waals surface area contributed by atoms with Crippen molar-refractivity contribution in [1.29, 1.82) is 0 Å². The lowest BCUT2D eigenvalue weighted by Gasteiger charge is -2.11. The zero-order chi connectivity index (χ0) is 20.9. The van der Waals surface area contributed by atoms with Crippen LogP contribution in [-0.4, -0.2) is 32.0 Å². The zero-order valence-electron chi connectivity index (χ0n) is 17.3. The van der Waals surface area contributed by atoms with Crippen LogP contribution in [0, 0.1) is 0 Å². The largest absolute Gasteiger partial charge is 0.494 e. The van der Waals surface area contributed by atoms with Crippen LogP contribution >= 0.6 is 0 Å². The minimum atomic E-state index is -0.193. The van der Waals surface area contributed by atoms with Gasteiger partial charge in [-0.15, -0.1) is 0 Å². The Kier molecular flexibility index (Phi) is 9.55. The molecule has 0 saturated heterocycles. The molecular weight excluding hydrogens is 366 g/mol.